The second kappa shape index (κ2) is 9.20. The van der Waals surface area contributed by atoms with Crippen molar-refractivity contribution in [2.45, 2.75) is 32.6 Å². The third kappa shape index (κ3) is 4.63. The van der Waals surface area contributed by atoms with Crippen molar-refractivity contribution in [1.82, 2.24) is 14.7 Å². The summed E-state index contributed by atoms with van der Waals surface area (Å²) in [5.41, 5.74) is 3.54. The van der Waals surface area contributed by atoms with E-state index in [2.05, 4.69) is 10.3 Å². The monoisotopic (exact) mass is 433 g/mol. The minimum absolute atomic E-state index is 0.208. The van der Waals surface area contributed by atoms with Crippen LogP contribution >= 0.6 is 0 Å². The van der Waals surface area contributed by atoms with Gasteiger partial charge in [0.2, 0.25) is 0 Å². The van der Waals surface area contributed by atoms with Crippen LogP contribution < -0.4 is 10.1 Å². The summed E-state index contributed by atoms with van der Waals surface area (Å²) in [4.78, 5) is 17.5. The number of imidazole rings is 1. The molecule has 0 saturated carbocycles. The summed E-state index contributed by atoms with van der Waals surface area (Å²) < 4.78 is 21.0. The average molecular weight is 433 g/mol. The fourth-order valence-electron chi connectivity index (χ4n) is 3.52. The van der Waals surface area contributed by atoms with Gasteiger partial charge in [0.1, 0.15) is 23.8 Å². The van der Waals surface area contributed by atoms with Crippen LogP contribution in [-0.2, 0) is 6.61 Å². The van der Waals surface area contributed by atoms with E-state index in [0.717, 1.165) is 16.9 Å². The van der Waals surface area contributed by atoms with Gasteiger partial charge in [0, 0.05) is 12.4 Å². The highest BCUT2D eigenvalue weighted by molar-refractivity contribution is 5.97. The van der Waals surface area contributed by atoms with Crippen LogP contribution in [0.4, 0.5) is 4.39 Å². The molecule has 6 nitrogen and oxygen atoms in total. The molecule has 0 fully saturated rings. The van der Waals surface area contributed by atoms with Gasteiger partial charge in [0.05, 0.1) is 23.4 Å². The van der Waals surface area contributed by atoms with Crippen LogP contribution in [0.2, 0.25) is 0 Å². The van der Waals surface area contributed by atoms with Crippen LogP contribution in [0.3, 0.4) is 0 Å². The van der Waals surface area contributed by atoms with Crippen molar-refractivity contribution in [3.8, 4) is 5.75 Å². The van der Waals surface area contributed by atoms with Gasteiger partial charge in [-0.15, -0.1) is 0 Å². The van der Waals surface area contributed by atoms with Gasteiger partial charge in [-0.3, -0.25) is 4.79 Å². The molecule has 1 amide bonds. The molecule has 4 rings (SSSR count). The SMILES string of the molecule is Cc1cccn2cc(COc3ccccc3C(=O)NC(C)C(O)c3ccc(F)cc3)nc12. The molecule has 2 aromatic carbocycles. The van der Waals surface area contributed by atoms with E-state index in [1.807, 2.05) is 35.9 Å². The van der Waals surface area contributed by atoms with Crippen LogP contribution in [0.1, 0.15) is 40.2 Å². The quantitative estimate of drug-likeness (QED) is 0.458. The summed E-state index contributed by atoms with van der Waals surface area (Å²) in [6.45, 7) is 3.89. The van der Waals surface area contributed by atoms with Crippen molar-refractivity contribution in [2.75, 3.05) is 0 Å². The first-order valence-electron chi connectivity index (χ1n) is 10.3. The van der Waals surface area contributed by atoms with Crippen molar-refractivity contribution >= 4 is 11.6 Å². The zero-order valence-corrected chi connectivity index (χ0v) is 17.8. The van der Waals surface area contributed by atoms with Crippen molar-refractivity contribution in [1.29, 1.82) is 0 Å². The highest BCUT2D eigenvalue weighted by Gasteiger charge is 2.21. The maximum Gasteiger partial charge on any atom is 0.255 e. The molecule has 2 N–H and O–H groups in total. The van der Waals surface area contributed by atoms with E-state index in [1.54, 1.807) is 31.2 Å². The van der Waals surface area contributed by atoms with Crippen molar-refractivity contribution in [3.63, 3.8) is 0 Å². The standard InChI is InChI=1S/C25H24FN3O3/c1-16-6-5-13-29-14-20(28-24(16)29)15-32-22-8-4-3-7-21(22)25(31)27-17(2)23(30)18-9-11-19(26)12-10-18/h3-14,17,23,30H,15H2,1-2H3,(H,27,31). The maximum atomic E-state index is 13.1. The summed E-state index contributed by atoms with van der Waals surface area (Å²) >= 11 is 0. The number of pyridine rings is 1. The van der Waals surface area contributed by atoms with Crippen LogP contribution in [0.5, 0.6) is 5.75 Å². The second-order valence-corrected chi connectivity index (χ2v) is 7.70. The number of hydrogen-bond acceptors (Lipinski definition) is 4. The lowest BCUT2D eigenvalue weighted by atomic mass is 10.0. The van der Waals surface area contributed by atoms with E-state index >= 15 is 0 Å². The predicted molar refractivity (Wildman–Crippen MR) is 119 cm³/mol. The molecular formula is C25H24FN3O3. The molecule has 0 saturated heterocycles. The van der Waals surface area contributed by atoms with Crippen molar-refractivity contribution in [2.24, 2.45) is 0 Å². The number of aliphatic hydroxyl groups excluding tert-OH is 1. The van der Waals surface area contributed by atoms with Gasteiger partial charge in [-0.1, -0.05) is 30.3 Å². The Morgan fingerprint density at radius 3 is 2.66 bits per heavy atom. The number of aryl methyl sites for hydroxylation is 1. The third-order valence-corrected chi connectivity index (χ3v) is 5.28. The first-order chi connectivity index (χ1) is 15.4. The molecule has 2 unspecified atom stereocenters. The Kier molecular flexibility index (Phi) is 6.18. The number of hydrogen-bond donors (Lipinski definition) is 2. The topological polar surface area (TPSA) is 75.9 Å². The zero-order chi connectivity index (χ0) is 22.7. The van der Waals surface area contributed by atoms with E-state index in [4.69, 9.17) is 4.74 Å². The molecule has 0 radical (unpaired) electrons. The molecule has 0 spiro atoms. The normalized spacial score (nSPS) is 13.0. The highest BCUT2D eigenvalue weighted by Crippen LogP contribution is 2.22. The third-order valence-electron chi connectivity index (χ3n) is 5.28. The van der Waals surface area contributed by atoms with Crippen LogP contribution in [-0.4, -0.2) is 26.4 Å². The largest absolute Gasteiger partial charge is 0.486 e. The fraction of sp³-hybridized carbons (Fsp3) is 0.200. The second-order valence-electron chi connectivity index (χ2n) is 7.70. The van der Waals surface area contributed by atoms with E-state index < -0.39 is 12.1 Å². The first-order valence-corrected chi connectivity index (χ1v) is 10.3. The maximum absolute atomic E-state index is 13.1. The fourth-order valence-corrected chi connectivity index (χ4v) is 3.52. The molecule has 2 aromatic heterocycles. The van der Waals surface area contributed by atoms with E-state index in [1.165, 1.54) is 24.3 Å². The number of fused-ring (bicyclic) bond motifs is 1. The molecule has 2 heterocycles. The number of carbonyl (C=O) groups excluding carboxylic acids is 1. The minimum Gasteiger partial charge on any atom is -0.486 e. The van der Waals surface area contributed by atoms with Gasteiger partial charge in [-0.2, -0.15) is 0 Å². The Balaban J connectivity index is 1.45. The van der Waals surface area contributed by atoms with E-state index in [9.17, 15) is 14.3 Å². The van der Waals surface area contributed by atoms with Crippen LogP contribution in [0.15, 0.2) is 73.1 Å². The number of amides is 1. The number of carbonyl (C=O) groups is 1. The van der Waals surface area contributed by atoms with E-state index in [-0.39, 0.29) is 18.3 Å². The molecule has 164 valence electrons. The van der Waals surface area contributed by atoms with Crippen molar-refractivity contribution in [3.05, 3.63) is 101 Å². The Morgan fingerprint density at radius 1 is 1.16 bits per heavy atom. The number of aromatic nitrogens is 2. The number of para-hydroxylation sites is 1. The lowest BCUT2D eigenvalue weighted by Crippen LogP contribution is -2.37. The highest BCUT2D eigenvalue weighted by atomic mass is 19.1. The number of ether oxygens (including phenoxy) is 1. The average Bonchev–Trinajstić information content (AvgIpc) is 3.22. The number of benzene rings is 2. The first kappa shape index (κ1) is 21.5. The van der Waals surface area contributed by atoms with Gasteiger partial charge >= 0.3 is 0 Å². The predicted octanol–water partition coefficient (Wildman–Crippen LogP) is 4.21. The summed E-state index contributed by atoms with van der Waals surface area (Å²) in [5, 5.41) is 13.3. The Bertz CT molecular complexity index is 1240. The number of aliphatic hydroxyl groups is 1. The number of nitrogens with one attached hydrogen (secondary N) is 1. The van der Waals surface area contributed by atoms with Gasteiger partial charge in [-0.05, 0) is 55.3 Å². The lowest BCUT2D eigenvalue weighted by molar-refractivity contribution is 0.0847. The number of halogens is 1. The summed E-state index contributed by atoms with van der Waals surface area (Å²) in [6, 6.07) is 15.8. The smallest absolute Gasteiger partial charge is 0.255 e. The minimum atomic E-state index is -0.978. The van der Waals surface area contributed by atoms with Crippen LogP contribution in [0.25, 0.3) is 5.65 Å². The van der Waals surface area contributed by atoms with Crippen molar-refractivity contribution < 1.29 is 19.0 Å². The molecule has 0 aliphatic carbocycles. The van der Waals surface area contributed by atoms with Gasteiger partial charge in [0.25, 0.3) is 5.91 Å². The number of rotatable bonds is 7. The molecule has 0 aliphatic heterocycles. The molecule has 2 atom stereocenters. The van der Waals surface area contributed by atoms with Crippen LogP contribution in [0, 0.1) is 12.7 Å². The Hall–Kier alpha value is -3.71. The number of nitrogens with zero attached hydrogens (tertiary/aromatic N) is 2. The van der Waals surface area contributed by atoms with Gasteiger partial charge in [-0.25, -0.2) is 9.37 Å². The summed E-state index contributed by atoms with van der Waals surface area (Å²) in [6.07, 6.45) is 2.84. The molecule has 32 heavy (non-hydrogen) atoms. The summed E-state index contributed by atoms with van der Waals surface area (Å²) in [7, 11) is 0. The lowest BCUT2D eigenvalue weighted by Gasteiger charge is -2.21. The summed E-state index contributed by atoms with van der Waals surface area (Å²) in [5.74, 6) is -0.341. The molecule has 7 heteroatoms. The van der Waals surface area contributed by atoms with Gasteiger partial charge in [0.15, 0.2) is 0 Å². The Morgan fingerprint density at radius 2 is 1.91 bits per heavy atom. The molecule has 4 aromatic rings. The van der Waals surface area contributed by atoms with Gasteiger partial charge < -0.3 is 19.6 Å². The molecule has 0 bridgehead atoms. The zero-order valence-electron chi connectivity index (χ0n) is 17.8. The Labute approximate surface area is 185 Å². The van der Waals surface area contributed by atoms with E-state index in [0.29, 0.717) is 16.9 Å². The molecular weight excluding hydrogens is 409 g/mol. The molecule has 0 aliphatic rings.